The monoisotopic (exact) mass is 303 g/mol. The van der Waals surface area contributed by atoms with E-state index in [9.17, 15) is 0 Å². The fourth-order valence-corrected chi connectivity index (χ4v) is 2.64. The summed E-state index contributed by atoms with van der Waals surface area (Å²) in [7, 11) is 2.14. The number of rotatable bonds is 4. The molecule has 0 aliphatic heterocycles. The average Bonchev–Trinajstić information content (AvgIpc) is 2.38. The van der Waals surface area contributed by atoms with Gasteiger partial charge in [0.15, 0.2) is 0 Å². The largest absolute Gasteiger partial charge is 0.370 e. The van der Waals surface area contributed by atoms with E-state index in [2.05, 4.69) is 83.3 Å². The summed E-state index contributed by atoms with van der Waals surface area (Å²) in [5.41, 5.74) is 5.28. The zero-order valence-electron chi connectivity index (χ0n) is 10.9. The second-order valence-corrected chi connectivity index (χ2v) is 5.17. The quantitative estimate of drug-likeness (QED) is 0.750. The van der Waals surface area contributed by atoms with Crippen molar-refractivity contribution in [2.45, 2.75) is 18.8 Å². The van der Waals surface area contributed by atoms with Gasteiger partial charge < -0.3 is 4.90 Å². The molecular formula is C16H18BrN. The Morgan fingerprint density at radius 1 is 1.06 bits per heavy atom. The van der Waals surface area contributed by atoms with Gasteiger partial charge in [-0.2, -0.15) is 0 Å². The second kappa shape index (κ2) is 6.05. The van der Waals surface area contributed by atoms with Crippen LogP contribution in [0.3, 0.4) is 0 Å². The Morgan fingerprint density at radius 2 is 1.83 bits per heavy atom. The number of nitrogens with zero attached hydrogens (tertiary/aromatic N) is 1. The molecule has 0 unspecified atom stereocenters. The summed E-state index contributed by atoms with van der Waals surface area (Å²) < 4.78 is 0. The molecule has 0 aromatic heterocycles. The summed E-state index contributed by atoms with van der Waals surface area (Å²) in [4.78, 5) is 2.30. The highest BCUT2D eigenvalue weighted by Gasteiger charge is 2.06. The number of alkyl halides is 1. The standard InChI is InChI=1S/C16H18BrN/c1-13-6-5-7-14(10-13)12-18(2)16-9-4-3-8-15(16)11-17/h3-10H,11-12H2,1-2H3. The van der Waals surface area contributed by atoms with Gasteiger partial charge in [-0.15, -0.1) is 0 Å². The van der Waals surface area contributed by atoms with E-state index in [1.54, 1.807) is 0 Å². The van der Waals surface area contributed by atoms with Gasteiger partial charge in [-0.1, -0.05) is 64.0 Å². The van der Waals surface area contributed by atoms with Crippen LogP contribution in [0.15, 0.2) is 48.5 Å². The van der Waals surface area contributed by atoms with Crippen molar-refractivity contribution in [2.75, 3.05) is 11.9 Å². The van der Waals surface area contributed by atoms with Gasteiger partial charge in [-0.3, -0.25) is 0 Å². The number of anilines is 1. The minimum atomic E-state index is 0.890. The predicted molar refractivity (Wildman–Crippen MR) is 82.4 cm³/mol. The van der Waals surface area contributed by atoms with Crippen LogP contribution in [0.5, 0.6) is 0 Å². The SMILES string of the molecule is Cc1cccc(CN(C)c2ccccc2CBr)c1. The highest BCUT2D eigenvalue weighted by molar-refractivity contribution is 9.08. The Hall–Kier alpha value is -1.28. The summed E-state index contributed by atoms with van der Waals surface area (Å²) in [5, 5.41) is 0.890. The van der Waals surface area contributed by atoms with Crippen LogP contribution in [0.25, 0.3) is 0 Å². The van der Waals surface area contributed by atoms with Crippen molar-refractivity contribution < 1.29 is 0 Å². The molecule has 18 heavy (non-hydrogen) atoms. The summed E-state index contributed by atoms with van der Waals surface area (Å²) in [6, 6.07) is 17.2. The van der Waals surface area contributed by atoms with E-state index in [0.29, 0.717) is 0 Å². The smallest absolute Gasteiger partial charge is 0.0426 e. The van der Waals surface area contributed by atoms with Gasteiger partial charge >= 0.3 is 0 Å². The number of halogens is 1. The van der Waals surface area contributed by atoms with Crippen LogP contribution in [0.4, 0.5) is 5.69 Å². The first kappa shape index (κ1) is 13.2. The van der Waals surface area contributed by atoms with E-state index in [4.69, 9.17) is 0 Å². The van der Waals surface area contributed by atoms with Gasteiger partial charge in [0.25, 0.3) is 0 Å². The molecule has 0 N–H and O–H groups in total. The molecule has 2 aromatic carbocycles. The van der Waals surface area contributed by atoms with Crippen molar-refractivity contribution in [1.82, 2.24) is 0 Å². The molecule has 0 aliphatic carbocycles. The minimum Gasteiger partial charge on any atom is -0.370 e. The molecule has 0 bridgehead atoms. The van der Waals surface area contributed by atoms with Crippen molar-refractivity contribution in [3.05, 3.63) is 65.2 Å². The topological polar surface area (TPSA) is 3.24 Å². The molecule has 0 heterocycles. The molecule has 0 saturated heterocycles. The normalized spacial score (nSPS) is 10.4. The minimum absolute atomic E-state index is 0.890. The van der Waals surface area contributed by atoms with Gasteiger partial charge in [0, 0.05) is 24.6 Å². The highest BCUT2D eigenvalue weighted by atomic mass is 79.9. The Balaban J connectivity index is 2.19. The summed E-state index contributed by atoms with van der Waals surface area (Å²) in [6.07, 6.45) is 0. The Bertz CT molecular complexity index is 522. The van der Waals surface area contributed by atoms with Crippen LogP contribution >= 0.6 is 15.9 Å². The van der Waals surface area contributed by atoms with Crippen molar-refractivity contribution >= 4 is 21.6 Å². The molecule has 94 valence electrons. The van der Waals surface area contributed by atoms with Crippen LogP contribution in [0, 0.1) is 6.92 Å². The van der Waals surface area contributed by atoms with E-state index in [1.807, 2.05) is 0 Å². The van der Waals surface area contributed by atoms with E-state index < -0.39 is 0 Å². The Morgan fingerprint density at radius 3 is 2.56 bits per heavy atom. The molecule has 2 rings (SSSR count). The maximum atomic E-state index is 3.55. The highest BCUT2D eigenvalue weighted by Crippen LogP contribution is 2.23. The molecule has 0 fully saturated rings. The van der Waals surface area contributed by atoms with Crippen molar-refractivity contribution in [3.8, 4) is 0 Å². The summed E-state index contributed by atoms with van der Waals surface area (Å²) in [6.45, 7) is 3.07. The molecule has 2 heteroatoms. The van der Waals surface area contributed by atoms with Gasteiger partial charge in [-0.25, -0.2) is 0 Å². The first-order chi connectivity index (χ1) is 8.70. The Kier molecular flexibility index (Phi) is 4.43. The maximum Gasteiger partial charge on any atom is 0.0426 e. The lowest BCUT2D eigenvalue weighted by atomic mass is 10.1. The third-order valence-electron chi connectivity index (χ3n) is 3.05. The zero-order chi connectivity index (χ0) is 13.0. The molecule has 0 saturated carbocycles. The second-order valence-electron chi connectivity index (χ2n) is 4.61. The summed E-state index contributed by atoms with van der Waals surface area (Å²) in [5.74, 6) is 0. The molecular weight excluding hydrogens is 286 g/mol. The van der Waals surface area contributed by atoms with Crippen molar-refractivity contribution in [1.29, 1.82) is 0 Å². The molecule has 0 amide bonds. The van der Waals surface area contributed by atoms with Gasteiger partial charge in [0.05, 0.1) is 0 Å². The van der Waals surface area contributed by atoms with Gasteiger partial charge in [-0.05, 0) is 24.1 Å². The number of hydrogen-bond acceptors (Lipinski definition) is 1. The fraction of sp³-hybridized carbons (Fsp3) is 0.250. The van der Waals surface area contributed by atoms with Crippen LogP contribution in [0.1, 0.15) is 16.7 Å². The molecule has 0 atom stereocenters. The third kappa shape index (κ3) is 3.14. The lowest BCUT2D eigenvalue weighted by Gasteiger charge is -2.22. The molecule has 2 aromatic rings. The van der Waals surface area contributed by atoms with Crippen molar-refractivity contribution in [2.24, 2.45) is 0 Å². The van der Waals surface area contributed by atoms with E-state index in [0.717, 1.165) is 11.9 Å². The lowest BCUT2D eigenvalue weighted by Crippen LogP contribution is -2.17. The molecule has 0 aliphatic rings. The molecule has 0 radical (unpaired) electrons. The Labute approximate surface area is 118 Å². The molecule has 1 nitrogen and oxygen atoms in total. The number of para-hydroxylation sites is 1. The fourth-order valence-electron chi connectivity index (χ4n) is 2.17. The van der Waals surface area contributed by atoms with Crippen LogP contribution in [-0.4, -0.2) is 7.05 Å². The van der Waals surface area contributed by atoms with Crippen molar-refractivity contribution in [3.63, 3.8) is 0 Å². The van der Waals surface area contributed by atoms with E-state index >= 15 is 0 Å². The third-order valence-corrected chi connectivity index (χ3v) is 3.65. The van der Waals surface area contributed by atoms with Crippen LogP contribution < -0.4 is 4.90 Å². The number of benzene rings is 2. The lowest BCUT2D eigenvalue weighted by molar-refractivity contribution is 0.915. The predicted octanol–water partition coefficient (Wildman–Crippen LogP) is 4.53. The van der Waals surface area contributed by atoms with Crippen LogP contribution in [-0.2, 0) is 11.9 Å². The number of hydrogen-bond donors (Lipinski definition) is 0. The maximum absolute atomic E-state index is 3.55. The summed E-state index contributed by atoms with van der Waals surface area (Å²) >= 11 is 3.55. The molecule has 0 spiro atoms. The van der Waals surface area contributed by atoms with Gasteiger partial charge in [0.2, 0.25) is 0 Å². The van der Waals surface area contributed by atoms with Crippen LogP contribution in [0.2, 0.25) is 0 Å². The van der Waals surface area contributed by atoms with E-state index in [-0.39, 0.29) is 0 Å². The first-order valence-corrected chi connectivity index (χ1v) is 7.23. The van der Waals surface area contributed by atoms with E-state index in [1.165, 1.54) is 22.4 Å². The average molecular weight is 304 g/mol. The van der Waals surface area contributed by atoms with Gasteiger partial charge in [0.1, 0.15) is 0 Å². The number of aryl methyl sites for hydroxylation is 1. The zero-order valence-corrected chi connectivity index (χ0v) is 12.4. The first-order valence-electron chi connectivity index (χ1n) is 6.11.